The zero-order chi connectivity index (χ0) is 13.1. The Balaban J connectivity index is 2.31. The fraction of sp³-hybridized carbons (Fsp3) is 0.692. The van der Waals surface area contributed by atoms with Crippen molar-refractivity contribution in [1.29, 1.82) is 0 Å². The molecule has 0 saturated heterocycles. The zero-order valence-corrected chi connectivity index (χ0v) is 10.8. The van der Waals surface area contributed by atoms with Gasteiger partial charge in [-0.05, 0) is 25.2 Å². The fourth-order valence-corrected chi connectivity index (χ4v) is 2.69. The average molecular weight is 251 g/mol. The predicted molar refractivity (Wildman–Crippen MR) is 69.6 cm³/mol. The Bertz CT molecular complexity index is 464. The normalized spacial score (nSPS) is 18.1. The summed E-state index contributed by atoms with van der Waals surface area (Å²) in [6.07, 6.45) is 5.79. The van der Waals surface area contributed by atoms with E-state index in [0.29, 0.717) is 11.4 Å². The SMILES string of the molecule is CCCC(N)c1nc(O)c(C2CCCC2)c(=O)[nH]1. The van der Waals surface area contributed by atoms with E-state index in [2.05, 4.69) is 9.97 Å². The van der Waals surface area contributed by atoms with Crippen molar-refractivity contribution in [2.75, 3.05) is 0 Å². The third-order valence-corrected chi connectivity index (χ3v) is 3.67. The molecule has 5 heteroatoms. The number of nitrogens with one attached hydrogen (secondary N) is 1. The van der Waals surface area contributed by atoms with Crippen LogP contribution in [-0.2, 0) is 0 Å². The van der Waals surface area contributed by atoms with Crippen LogP contribution in [-0.4, -0.2) is 15.1 Å². The summed E-state index contributed by atoms with van der Waals surface area (Å²) < 4.78 is 0. The third kappa shape index (κ3) is 2.56. The molecule has 0 spiro atoms. The summed E-state index contributed by atoms with van der Waals surface area (Å²) in [7, 11) is 0. The van der Waals surface area contributed by atoms with Crippen molar-refractivity contribution in [3.05, 3.63) is 21.7 Å². The van der Waals surface area contributed by atoms with Gasteiger partial charge in [0.25, 0.3) is 5.56 Å². The van der Waals surface area contributed by atoms with Gasteiger partial charge in [-0.25, -0.2) is 0 Å². The van der Waals surface area contributed by atoms with E-state index in [1.807, 2.05) is 6.92 Å². The monoisotopic (exact) mass is 251 g/mol. The van der Waals surface area contributed by atoms with E-state index < -0.39 is 0 Å². The van der Waals surface area contributed by atoms with Crippen LogP contribution in [0.2, 0.25) is 0 Å². The van der Waals surface area contributed by atoms with Gasteiger partial charge in [-0.2, -0.15) is 4.98 Å². The van der Waals surface area contributed by atoms with E-state index in [1.165, 1.54) is 0 Å². The molecular weight excluding hydrogens is 230 g/mol. The highest BCUT2D eigenvalue weighted by atomic mass is 16.3. The standard InChI is InChI=1S/C13H21N3O2/c1-2-5-9(14)11-15-12(17)10(13(18)16-11)8-6-3-4-7-8/h8-9H,2-7,14H2,1H3,(H2,15,16,17,18). The molecule has 18 heavy (non-hydrogen) atoms. The molecule has 1 aromatic heterocycles. The predicted octanol–water partition coefficient (Wildman–Crippen LogP) is 1.93. The minimum Gasteiger partial charge on any atom is -0.493 e. The van der Waals surface area contributed by atoms with Gasteiger partial charge < -0.3 is 15.8 Å². The smallest absolute Gasteiger partial charge is 0.258 e. The van der Waals surface area contributed by atoms with Gasteiger partial charge in [-0.3, -0.25) is 4.79 Å². The van der Waals surface area contributed by atoms with E-state index in [4.69, 9.17) is 5.73 Å². The molecule has 0 aromatic carbocycles. The third-order valence-electron chi connectivity index (χ3n) is 3.67. The Kier molecular flexibility index (Phi) is 4.01. The highest BCUT2D eigenvalue weighted by molar-refractivity contribution is 5.27. The van der Waals surface area contributed by atoms with Crippen LogP contribution in [0.4, 0.5) is 0 Å². The van der Waals surface area contributed by atoms with Crippen LogP contribution < -0.4 is 11.3 Å². The van der Waals surface area contributed by atoms with Crippen molar-refractivity contribution in [3.8, 4) is 5.88 Å². The lowest BCUT2D eigenvalue weighted by Gasteiger charge is -2.14. The van der Waals surface area contributed by atoms with E-state index in [-0.39, 0.29) is 23.4 Å². The molecule has 1 fully saturated rings. The number of nitrogens with two attached hydrogens (primary N) is 1. The number of hydrogen-bond donors (Lipinski definition) is 3. The molecule has 1 aliphatic rings. The summed E-state index contributed by atoms with van der Waals surface area (Å²) >= 11 is 0. The molecule has 1 saturated carbocycles. The molecule has 2 rings (SSSR count). The first-order valence-electron chi connectivity index (χ1n) is 6.72. The van der Waals surface area contributed by atoms with E-state index in [1.54, 1.807) is 0 Å². The molecule has 0 bridgehead atoms. The Morgan fingerprint density at radius 2 is 2.17 bits per heavy atom. The van der Waals surface area contributed by atoms with Gasteiger partial charge in [-0.15, -0.1) is 0 Å². The molecule has 0 radical (unpaired) electrons. The molecule has 1 aliphatic carbocycles. The van der Waals surface area contributed by atoms with Gasteiger partial charge in [0.1, 0.15) is 5.82 Å². The average Bonchev–Trinajstić information content (AvgIpc) is 2.82. The second kappa shape index (κ2) is 5.52. The van der Waals surface area contributed by atoms with Crippen LogP contribution in [0.15, 0.2) is 4.79 Å². The lowest BCUT2D eigenvalue weighted by atomic mass is 10.00. The van der Waals surface area contributed by atoms with Gasteiger partial charge in [-0.1, -0.05) is 26.2 Å². The van der Waals surface area contributed by atoms with Crippen molar-refractivity contribution in [1.82, 2.24) is 9.97 Å². The van der Waals surface area contributed by atoms with Crippen LogP contribution in [0.1, 0.15) is 68.8 Å². The quantitative estimate of drug-likeness (QED) is 0.762. The number of rotatable bonds is 4. The van der Waals surface area contributed by atoms with Gasteiger partial charge in [0.2, 0.25) is 5.88 Å². The largest absolute Gasteiger partial charge is 0.493 e. The number of aromatic nitrogens is 2. The first-order valence-corrected chi connectivity index (χ1v) is 6.72. The van der Waals surface area contributed by atoms with Crippen molar-refractivity contribution in [2.45, 2.75) is 57.4 Å². The highest BCUT2D eigenvalue weighted by Crippen LogP contribution is 2.35. The summed E-state index contributed by atoms with van der Waals surface area (Å²) in [5.41, 5.74) is 6.12. The van der Waals surface area contributed by atoms with Gasteiger partial charge >= 0.3 is 0 Å². The van der Waals surface area contributed by atoms with Crippen LogP contribution in [0, 0.1) is 0 Å². The summed E-state index contributed by atoms with van der Waals surface area (Å²) in [5, 5.41) is 9.96. The number of hydrogen-bond acceptors (Lipinski definition) is 4. The number of H-pyrrole nitrogens is 1. The molecule has 0 amide bonds. The maximum absolute atomic E-state index is 12.0. The van der Waals surface area contributed by atoms with Crippen LogP contribution in [0.3, 0.4) is 0 Å². The Labute approximate surface area is 106 Å². The van der Waals surface area contributed by atoms with Crippen molar-refractivity contribution >= 4 is 0 Å². The van der Waals surface area contributed by atoms with Gasteiger partial charge in [0.15, 0.2) is 0 Å². The molecule has 100 valence electrons. The zero-order valence-electron chi connectivity index (χ0n) is 10.8. The number of aromatic hydroxyl groups is 1. The summed E-state index contributed by atoms with van der Waals surface area (Å²) in [6.45, 7) is 2.02. The van der Waals surface area contributed by atoms with Crippen molar-refractivity contribution in [2.24, 2.45) is 5.73 Å². The minimum absolute atomic E-state index is 0.132. The Morgan fingerprint density at radius 1 is 1.50 bits per heavy atom. The number of aromatic amines is 1. The maximum Gasteiger partial charge on any atom is 0.258 e. The first-order chi connectivity index (χ1) is 8.63. The summed E-state index contributed by atoms with van der Waals surface area (Å²) in [5.74, 6) is 0.408. The molecule has 4 N–H and O–H groups in total. The maximum atomic E-state index is 12.0. The Hall–Kier alpha value is -1.36. The van der Waals surface area contributed by atoms with Gasteiger partial charge in [0, 0.05) is 0 Å². The molecule has 1 unspecified atom stereocenters. The summed E-state index contributed by atoms with van der Waals surface area (Å²) in [6, 6.07) is -0.314. The first kappa shape index (κ1) is 13.1. The van der Waals surface area contributed by atoms with Crippen LogP contribution in [0.5, 0.6) is 5.88 Å². The van der Waals surface area contributed by atoms with Gasteiger partial charge in [0.05, 0.1) is 11.6 Å². The minimum atomic E-state index is -0.314. The molecule has 1 heterocycles. The summed E-state index contributed by atoms with van der Waals surface area (Å²) in [4.78, 5) is 18.8. The van der Waals surface area contributed by atoms with E-state index >= 15 is 0 Å². The molecule has 5 nitrogen and oxygen atoms in total. The van der Waals surface area contributed by atoms with Crippen LogP contribution in [0.25, 0.3) is 0 Å². The van der Waals surface area contributed by atoms with Crippen molar-refractivity contribution in [3.63, 3.8) is 0 Å². The second-order valence-electron chi connectivity index (χ2n) is 5.06. The number of nitrogens with zero attached hydrogens (tertiary/aromatic N) is 1. The molecule has 0 aliphatic heterocycles. The molecule has 1 aromatic rings. The fourth-order valence-electron chi connectivity index (χ4n) is 2.69. The molecular formula is C13H21N3O2. The van der Waals surface area contributed by atoms with Crippen molar-refractivity contribution < 1.29 is 5.11 Å². The molecule has 1 atom stereocenters. The Morgan fingerprint density at radius 3 is 2.72 bits per heavy atom. The van der Waals surface area contributed by atoms with E-state index in [9.17, 15) is 9.90 Å². The van der Waals surface area contributed by atoms with Crippen LogP contribution >= 0.6 is 0 Å². The second-order valence-corrected chi connectivity index (χ2v) is 5.06. The highest BCUT2D eigenvalue weighted by Gasteiger charge is 2.25. The lowest BCUT2D eigenvalue weighted by Crippen LogP contribution is -2.23. The topological polar surface area (TPSA) is 92.0 Å². The lowest BCUT2D eigenvalue weighted by molar-refractivity contribution is 0.427. The van der Waals surface area contributed by atoms with E-state index in [0.717, 1.165) is 38.5 Å².